The van der Waals surface area contributed by atoms with E-state index in [1.54, 1.807) is 36.4 Å². The molecule has 0 fully saturated rings. The molecule has 2 amide bonds. The summed E-state index contributed by atoms with van der Waals surface area (Å²) in [5, 5.41) is 6.74. The van der Waals surface area contributed by atoms with Gasteiger partial charge in [-0.2, -0.15) is 0 Å². The molecule has 0 aliphatic carbocycles. The molecule has 20 heavy (non-hydrogen) atoms. The predicted octanol–water partition coefficient (Wildman–Crippen LogP) is 6.05. The van der Waals surface area contributed by atoms with Crippen LogP contribution in [0.15, 0.2) is 40.9 Å². The molecule has 0 spiro atoms. The Hall–Kier alpha value is -0.940. The first kappa shape index (κ1) is 15.4. The fraction of sp³-hybridized carbons (Fsp3) is 0. The Morgan fingerprint density at radius 1 is 0.950 bits per heavy atom. The lowest BCUT2D eigenvalue weighted by atomic mass is 10.3. The van der Waals surface area contributed by atoms with Crippen LogP contribution in [0, 0.1) is 0 Å². The monoisotopic (exact) mass is 392 g/mol. The molecule has 2 N–H and O–H groups in total. The van der Waals surface area contributed by atoms with Gasteiger partial charge in [0.25, 0.3) is 0 Å². The van der Waals surface area contributed by atoms with Crippen molar-refractivity contribution >= 4 is 68.1 Å². The molecular weight excluding hydrogens is 386 g/mol. The third kappa shape index (κ3) is 4.03. The average Bonchev–Trinajstić information content (AvgIpc) is 2.38. The number of nitrogens with one attached hydrogen (secondary N) is 2. The van der Waals surface area contributed by atoms with E-state index in [-0.39, 0.29) is 0 Å². The van der Waals surface area contributed by atoms with Crippen molar-refractivity contribution in [2.75, 3.05) is 10.6 Å². The maximum atomic E-state index is 11.9. The molecule has 0 aromatic heterocycles. The van der Waals surface area contributed by atoms with Gasteiger partial charge in [0.15, 0.2) is 0 Å². The Bertz CT molecular complexity index is 664. The Morgan fingerprint density at radius 3 is 2.35 bits per heavy atom. The number of halogens is 4. The third-order valence-corrected chi connectivity index (χ3v) is 4.13. The van der Waals surface area contributed by atoms with Crippen LogP contribution in [0.5, 0.6) is 0 Å². The van der Waals surface area contributed by atoms with Crippen LogP contribution >= 0.6 is 50.7 Å². The standard InChI is InChI=1S/C13H8BrCl3N2O/c14-9-6-8(2-4-10(9)16)18-13(20)19-12-5-7(15)1-3-11(12)17/h1-6H,(H2,18,19,20). The minimum Gasteiger partial charge on any atom is -0.308 e. The highest BCUT2D eigenvalue weighted by Gasteiger charge is 2.07. The van der Waals surface area contributed by atoms with E-state index in [2.05, 4.69) is 26.6 Å². The third-order valence-electron chi connectivity index (χ3n) is 2.35. The van der Waals surface area contributed by atoms with Gasteiger partial charge in [-0.1, -0.05) is 34.8 Å². The smallest absolute Gasteiger partial charge is 0.308 e. The van der Waals surface area contributed by atoms with Crippen molar-refractivity contribution in [3.05, 3.63) is 55.9 Å². The van der Waals surface area contributed by atoms with Gasteiger partial charge >= 0.3 is 6.03 Å². The van der Waals surface area contributed by atoms with Gasteiger partial charge in [0, 0.05) is 15.2 Å². The first-order valence-electron chi connectivity index (χ1n) is 5.44. The van der Waals surface area contributed by atoms with E-state index < -0.39 is 6.03 Å². The molecule has 0 saturated carbocycles. The summed E-state index contributed by atoms with van der Waals surface area (Å²) in [5.41, 5.74) is 1.03. The molecule has 104 valence electrons. The first-order chi connectivity index (χ1) is 9.45. The molecule has 0 unspecified atom stereocenters. The average molecular weight is 394 g/mol. The second-order valence-electron chi connectivity index (χ2n) is 3.83. The Kier molecular flexibility index (Phi) is 5.16. The molecule has 0 aliphatic rings. The first-order valence-corrected chi connectivity index (χ1v) is 7.36. The van der Waals surface area contributed by atoms with Gasteiger partial charge in [-0.15, -0.1) is 0 Å². The zero-order chi connectivity index (χ0) is 14.7. The zero-order valence-electron chi connectivity index (χ0n) is 9.88. The molecule has 2 aromatic rings. The summed E-state index contributed by atoms with van der Waals surface area (Å²) < 4.78 is 0.692. The molecule has 2 rings (SSSR count). The van der Waals surface area contributed by atoms with Gasteiger partial charge in [0.05, 0.1) is 15.7 Å². The van der Waals surface area contributed by atoms with Crippen molar-refractivity contribution in [3.8, 4) is 0 Å². The number of urea groups is 1. The van der Waals surface area contributed by atoms with E-state index in [0.29, 0.717) is 30.9 Å². The van der Waals surface area contributed by atoms with Gasteiger partial charge < -0.3 is 10.6 Å². The van der Waals surface area contributed by atoms with E-state index in [0.717, 1.165) is 0 Å². The fourth-order valence-corrected chi connectivity index (χ4v) is 2.29. The number of anilines is 2. The maximum Gasteiger partial charge on any atom is 0.323 e. The Labute approximate surface area is 139 Å². The number of hydrogen-bond acceptors (Lipinski definition) is 1. The highest BCUT2D eigenvalue weighted by Crippen LogP contribution is 2.27. The van der Waals surface area contributed by atoms with Crippen molar-refractivity contribution in [3.63, 3.8) is 0 Å². The largest absolute Gasteiger partial charge is 0.323 e. The van der Waals surface area contributed by atoms with Crippen LogP contribution in [0.1, 0.15) is 0 Å². The summed E-state index contributed by atoms with van der Waals surface area (Å²) in [4.78, 5) is 11.9. The molecule has 0 radical (unpaired) electrons. The topological polar surface area (TPSA) is 41.1 Å². The lowest BCUT2D eigenvalue weighted by Gasteiger charge is -2.10. The van der Waals surface area contributed by atoms with Gasteiger partial charge in [-0.05, 0) is 52.3 Å². The van der Waals surface area contributed by atoms with Crippen molar-refractivity contribution in [1.29, 1.82) is 0 Å². The number of benzene rings is 2. The number of rotatable bonds is 2. The van der Waals surface area contributed by atoms with Crippen LogP contribution in [0.4, 0.5) is 16.2 Å². The van der Waals surface area contributed by atoms with Gasteiger partial charge in [0.1, 0.15) is 0 Å². The number of carbonyl (C=O) groups excluding carboxylic acids is 1. The summed E-state index contributed by atoms with van der Waals surface area (Å²) in [7, 11) is 0. The van der Waals surface area contributed by atoms with Crippen LogP contribution in [-0.2, 0) is 0 Å². The number of hydrogen-bond donors (Lipinski definition) is 2. The minimum atomic E-state index is -0.427. The van der Waals surface area contributed by atoms with Crippen molar-refractivity contribution in [2.45, 2.75) is 0 Å². The summed E-state index contributed by atoms with van der Waals surface area (Å²) in [5.74, 6) is 0. The molecule has 0 heterocycles. The predicted molar refractivity (Wildman–Crippen MR) is 88.3 cm³/mol. The lowest BCUT2D eigenvalue weighted by molar-refractivity contribution is 0.262. The summed E-state index contributed by atoms with van der Waals surface area (Å²) in [6.07, 6.45) is 0. The molecule has 7 heteroatoms. The fourth-order valence-electron chi connectivity index (χ4n) is 1.45. The van der Waals surface area contributed by atoms with Gasteiger partial charge in [0.2, 0.25) is 0 Å². The van der Waals surface area contributed by atoms with Crippen molar-refractivity contribution < 1.29 is 4.79 Å². The highest BCUT2D eigenvalue weighted by molar-refractivity contribution is 9.10. The van der Waals surface area contributed by atoms with Crippen molar-refractivity contribution in [1.82, 2.24) is 0 Å². The van der Waals surface area contributed by atoms with Gasteiger partial charge in [-0.3, -0.25) is 0 Å². The molecule has 3 nitrogen and oxygen atoms in total. The normalized spacial score (nSPS) is 10.2. The van der Waals surface area contributed by atoms with Crippen LogP contribution in [0.3, 0.4) is 0 Å². The van der Waals surface area contributed by atoms with E-state index in [9.17, 15) is 4.79 Å². The van der Waals surface area contributed by atoms with Crippen molar-refractivity contribution in [2.24, 2.45) is 0 Å². The molecular formula is C13H8BrCl3N2O. The van der Waals surface area contributed by atoms with E-state index in [1.165, 1.54) is 0 Å². The molecule has 0 aliphatic heterocycles. The van der Waals surface area contributed by atoms with Crippen LogP contribution < -0.4 is 10.6 Å². The summed E-state index contributed by atoms with van der Waals surface area (Å²) in [6, 6.07) is 9.45. The van der Waals surface area contributed by atoms with E-state index in [4.69, 9.17) is 34.8 Å². The second kappa shape index (κ2) is 6.68. The highest BCUT2D eigenvalue weighted by atomic mass is 79.9. The minimum absolute atomic E-state index is 0.404. The molecule has 0 atom stereocenters. The Morgan fingerprint density at radius 2 is 1.65 bits per heavy atom. The second-order valence-corrected chi connectivity index (χ2v) is 5.94. The van der Waals surface area contributed by atoms with Crippen LogP contribution in [-0.4, -0.2) is 6.03 Å². The molecule has 0 bridgehead atoms. The summed E-state index contributed by atoms with van der Waals surface area (Å²) >= 11 is 21.0. The van der Waals surface area contributed by atoms with Crippen LogP contribution in [0.25, 0.3) is 0 Å². The molecule has 0 saturated heterocycles. The summed E-state index contributed by atoms with van der Waals surface area (Å²) in [6.45, 7) is 0. The molecule has 2 aromatic carbocycles. The van der Waals surface area contributed by atoms with Gasteiger partial charge in [-0.25, -0.2) is 4.79 Å². The lowest BCUT2D eigenvalue weighted by Crippen LogP contribution is -2.19. The maximum absolute atomic E-state index is 11.9. The number of amides is 2. The number of carbonyl (C=O) groups is 1. The SMILES string of the molecule is O=C(Nc1ccc(Cl)c(Br)c1)Nc1cc(Cl)ccc1Cl. The Balaban J connectivity index is 2.09. The zero-order valence-corrected chi connectivity index (χ0v) is 13.7. The quantitative estimate of drug-likeness (QED) is 0.639. The van der Waals surface area contributed by atoms with E-state index in [1.807, 2.05) is 0 Å². The van der Waals surface area contributed by atoms with Crippen LogP contribution in [0.2, 0.25) is 15.1 Å². The van der Waals surface area contributed by atoms with E-state index >= 15 is 0 Å².